The molecular weight excluding hydrogens is 376 g/mol. The summed E-state index contributed by atoms with van der Waals surface area (Å²) in [5.41, 5.74) is 4.43. The van der Waals surface area contributed by atoms with Gasteiger partial charge in [0.2, 0.25) is 0 Å². The largest absolute Gasteiger partial charge is 0.497 e. The summed E-state index contributed by atoms with van der Waals surface area (Å²) in [4.78, 5) is 19.9. The number of benzene rings is 2. The topological polar surface area (TPSA) is 53.5 Å². The number of rotatable bonds is 6. The van der Waals surface area contributed by atoms with E-state index in [2.05, 4.69) is 65.0 Å². The monoisotopic (exact) mass is 406 g/mol. The maximum atomic E-state index is 12.2. The summed E-state index contributed by atoms with van der Waals surface area (Å²) >= 11 is 0. The van der Waals surface area contributed by atoms with Crippen molar-refractivity contribution in [3.63, 3.8) is 0 Å². The minimum Gasteiger partial charge on any atom is -0.497 e. The Morgan fingerprint density at radius 2 is 1.47 bits per heavy atom. The molecule has 1 saturated heterocycles. The van der Waals surface area contributed by atoms with Crippen LogP contribution < -0.4 is 20.2 Å². The molecule has 0 spiro atoms. The van der Waals surface area contributed by atoms with Crippen molar-refractivity contribution >= 4 is 11.4 Å². The van der Waals surface area contributed by atoms with Crippen LogP contribution in [-0.4, -0.2) is 42.8 Å². The fourth-order valence-corrected chi connectivity index (χ4v) is 4.08. The number of hydrogen-bond acceptors (Lipinski definition) is 4. The fraction of sp³-hybridized carbons (Fsp3) is 0.375. The van der Waals surface area contributed by atoms with Gasteiger partial charge in [0.1, 0.15) is 5.75 Å². The molecule has 0 aliphatic carbocycles. The average Bonchev–Trinajstić information content (AvgIpc) is 3.20. The second-order valence-corrected chi connectivity index (χ2v) is 7.83. The lowest BCUT2D eigenvalue weighted by atomic mass is 10.1. The highest BCUT2D eigenvalue weighted by Crippen LogP contribution is 2.26. The highest BCUT2D eigenvalue weighted by molar-refractivity contribution is 5.64. The van der Waals surface area contributed by atoms with Crippen molar-refractivity contribution in [3.05, 3.63) is 65.2 Å². The normalized spacial score (nSPS) is 15.3. The molecule has 158 valence electrons. The van der Waals surface area contributed by atoms with Crippen molar-refractivity contribution in [1.29, 1.82) is 0 Å². The minimum atomic E-state index is -0.0434. The van der Waals surface area contributed by atoms with E-state index in [9.17, 15) is 4.79 Å². The van der Waals surface area contributed by atoms with Gasteiger partial charge in [-0.2, -0.15) is 0 Å². The zero-order valence-electron chi connectivity index (χ0n) is 18.0. The highest BCUT2D eigenvalue weighted by atomic mass is 16.5. The van der Waals surface area contributed by atoms with Crippen LogP contribution in [0.2, 0.25) is 0 Å². The SMILES string of the molecule is CCC(C)n1c(-c2ccc(N3CCN(c4ccc(OC)cc4)CC3)cc2)c[nH]c1=O. The molecule has 3 aromatic rings. The molecule has 30 heavy (non-hydrogen) atoms. The second kappa shape index (κ2) is 8.69. The first-order chi connectivity index (χ1) is 14.6. The first kappa shape index (κ1) is 20.1. The standard InChI is InChI=1S/C24H30N4O2/c1-4-18(2)28-23(17-25-24(28)29)19-5-7-20(8-6-19)26-13-15-27(16-14-26)21-9-11-22(30-3)12-10-21/h5-12,17-18H,4,13-16H2,1-3H3,(H,25,29). The molecule has 1 atom stereocenters. The lowest BCUT2D eigenvalue weighted by Crippen LogP contribution is -2.46. The van der Waals surface area contributed by atoms with E-state index < -0.39 is 0 Å². The van der Waals surface area contributed by atoms with Gasteiger partial charge in [-0.05, 0) is 55.3 Å². The van der Waals surface area contributed by atoms with Crippen LogP contribution in [0.1, 0.15) is 26.3 Å². The third-order valence-electron chi connectivity index (χ3n) is 6.09. The predicted octanol–water partition coefficient (Wildman–Crippen LogP) is 4.15. The van der Waals surface area contributed by atoms with Crippen LogP contribution in [-0.2, 0) is 0 Å². The number of ether oxygens (including phenoxy) is 1. The van der Waals surface area contributed by atoms with Gasteiger partial charge in [0.15, 0.2) is 0 Å². The van der Waals surface area contributed by atoms with Gasteiger partial charge >= 0.3 is 5.69 Å². The molecule has 2 aromatic carbocycles. The van der Waals surface area contributed by atoms with Crippen molar-refractivity contribution in [2.45, 2.75) is 26.3 Å². The summed E-state index contributed by atoms with van der Waals surface area (Å²) in [6.45, 7) is 8.11. The Morgan fingerprint density at radius 3 is 1.97 bits per heavy atom. The van der Waals surface area contributed by atoms with Gasteiger partial charge in [0.25, 0.3) is 0 Å². The third-order valence-corrected chi connectivity index (χ3v) is 6.09. The van der Waals surface area contributed by atoms with Crippen molar-refractivity contribution in [2.75, 3.05) is 43.1 Å². The molecule has 1 aliphatic rings. The summed E-state index contributed by atoms with van der Waals surface area (Å²) in [6.07, 6.45) is 2.73. The molecule has 0 radical (unpaired) electrons. The van der Waals surface area contributed by atoms with Gasteiger partial charge in [0.05, 0.1) is 12.8 Å². The smallest absolute Gasteiger partial charge is 0.326 e. The Bertz CT molecular complexity index is 1010. The van der Waals surface area contributed by atoms with Crippen LogP contribution in [0.5, 0.6) is 5.75 Å². The molecule has 0 bridgehead atoms. The summed E-state index contributed by atoms with van der Waals surface area (Å²) in [5, 5.41) is 0. The molecule has 0 amide bonds. The lowest BCUT2D eigenvalue weighted by molar-refractivity contribution is 0.415. The zero-order chi connectivity index (χ0) is 21.1. The summed E-state index contributed by atoms with van der Waals surface area (Å²) < 4.78 is 7.10. The second-order valence-electron chi connectivity index (χ2n) is 7.83. The van der Waals surface area contributed by atoms with Crippen LogP contribution in [0.25, 0.3) is 11.3 Å². The van der Waals surface area contributed by atoms with Crippen LogP contribution in [0.15, 0.2) is 59.5 Å². The van der Waals surface area contributed by atoms with Gasteiger partial charge in [-0.1, -0.05) is 19.1 Å². The molecular formula is C24H30N4O2. The Balaban J connectivity index is 1.44. The third kappa shape index (κ3) is 3.95. The van der Waals surface area contributed by atoms with Gasteiger partial charge in [0, 0.05) is 49.8 Å². The first-order valence-corrected chi connectivity index (χ1v) is 10.6. The number of nitrogens with one attached hydrogen (secondary N) is 1. The van der Waals surface area contributed by atoms with E-state index in [1.54, 1.807) is 7.11 Å². The van der Waals surface area contributed by atoms with E-state index in [1.807, 2.05) is 22.9 Å². The van der Waals surface area contributed by atoms with E-state index in [4.69, 9.17) is 4.74 Å². The number of H-pyrrole nitrogens is 1. The van der Waals surface area contributed by atoms with Crippen molar-refractivity contribution in [2.24, 2.45) is 0 Å². The molecule has 1 unspecified atom stereocenters. The van der Waals surface area contributed by atoms with Crippen molar-refractivity contribution < 1.29 is 4.74 Å². The van der Waals surface area contributed by atoms with Crippen LogP contribution >= 0.6 is 0 Å². The number of nitrogens with zero attached hydrogens (tertiary/aromatic N) is 3. The maximum Gasteiger partial charge on any atom is 0.326 e. The molecule has 1 fully saturated rings. The first-order valence-electron chi connectivity index (χ1n) is 10.6. The molecule has 1 N–H and O–H groups in total. The lowest BCUT2D eigenvalue weighted by Gasteiger charge is -2.37. The molecule has 0 saturated carbocycles. The summed E-state index contributed by atoms with van der Waals surface area (Å²) in [5.74, 6) is 0.888. The Morgan fingerprint density at radius 1 is 0.933 bits per heavy atom. The predicted molar refractivity (Wildman–Crippen MR) is 123 cm³/mol. The number of aromatic nitrogens is 2. The highest BCUT2D eigenvalue weighted by Gasteiger charge is 2.18. The Hall–Kier alpha value is -3.15. The molecule has 4 rings (SSSR count). The van der Waals surface area contributed by atoms with E-state index in [0.29, 0.717) is 0 Å². The van der Waals surface area contributed by atoms with Crippen LogP contribution in [0, 0.1) is 0 Å². The number of methoxy groups -OCH3 is 1. The van der Waals surface area contributed by atoms with E-state index in [0.717, 1.165) is 49.6 Å². The van der Waals surface area contributed by atoms with Gasteiger partial charge in [-0.3, -0.25) is 4.57 Å². The van der Waals surface area contributed by atoms with Gasteiger partial charge in [-0.25, -0.2) is 4.79 Å². The van der Waals surface area contributed by atoms with E-state index in [1.165, 1.54) is 11.4 Å². The summed E-state index contributed by atoms with van der Waals surface area (Å²) in [6, 6.07) is 17.0. The van der Waals surface area contributed by atoms with E-state index >= 15 is 0 Å². The van der Waals surface area contributed by atoms with Crippen molar-refractivity contribution in [1.82, 2.24) is 9.55 Å². The average molecular weight is 407 g/mol. The van der Waals surface area contributed by atoms with E-state index in [-0.39, 0.29) is 11.7 Å². The van der Waals surface area contributed by atoms with Gasteiger partial charge < -0.3 is 19.5 Å². The van der Waals surface area contributed by atoms with Crippen molar-refractivity contribution in [3.8, 4) is 17.0 Å². The summed E-state index contributed by atoms with van der Waals surface area (Å²) in [7, 11) is 1.69. The minimum absolute atomic E-state index is 0.0434. The number of aromatic amines is 1. The number of anilines is 2. The molecule has 1 aromatic heterocycles. The molecule has 1 aliphatic heterocycles. The molecule has 6 nitrogen and oxygen atoms in total. The van der Waals surface area contributed by atoms with Crippen LogP contribution in [0.4, 0.5) is 11.4 Å². The molecule has 6 heteroatoms. The quantitative estimate of drug-likeness (QED) is 0.668. The zero-order valence-corrected chi connectivity index (χ0v) is 18.0. The number of piperazine rings is 1. The fourth-order valence-electron chi connectivity index (χ4n) is 4.08. The maximum absolute atomic E-state index is 12.2. The van der Waals surface area contributed by atoms with Gasteiger partial charge in [-0.15, -0.1) is 0 Å². The number of imidazole rings is 1. The van der Waals surface area contributed by atoms with Crippen LogP contribution in [0.3, 0.4) is 0 Å². The number of hydrogen-bond donors (Lipinski definition) is 1. The Labute approximate surface area is 177 Å². The Kier molecular flexibility index (Phi) is 5.84. The molecule has 2 heterocycles.